The smallest absolute Gasteiger partial charge is 0.252 e. The normalized spacial score (nSPS) is 12.9. The Morgan fingerprint density at radius 1 is 1.11 bits per heavy atom. The molecule has 0 amide bonds. The second kappa shape index (κ2) is 8.81. The number of aliphatic hydroxyl groups excluding tert-OH is 1. The van der Waals surface area contributed by atoms with Crippen LogP contribution in [0.25, 0.3) is 0 Å². The third kappa shape index (κ3) is 5.27. The number of rotatable bonds is 7. The summed E-state index contributed by atoms with van der Waals surface area (Å²) in [6.45, 7) is 3.40. The molecule has 0 spiro atoms. The number of aromatic nitrogens is 4. The summed E-state index contributed by atoms with van der Waals surface area (Å²) < 4.78 is 6.24. The van der Waals surface area contributed by atoms with Crippen LogP contribution in [0.15, 0.2) is 52.0 Å². The fourth-order valence-electron chi connectivity index (χ4n) is 2.11. The molecule has 10 heteroatoms. The van der Waals surface area contributed by atoms with Crippen molar-refractivity contribution in [3.05, 3.63) is 57.6 Å². The maximum Gasteiger partial charge on any atom is 0.252 e. The molecule has 0 aliphatic carbocycles. The van der Waals surface area contributed by atoms with Crippen LogP contribution in [0.1, 0.15) is 13.8 Å². The molecular weight excluding hydrogens is 428 g/mol. The first-order valence-electron chi connectivity index (χ1n) is 8.47. The number of ether oxygens (including phenoxy) is 1. The van der Waals surface area contributed by atoms with Crippen molar-refractivity contribution in [2.24, 2.45) is 0 Å². The van der Waals surface area contributed by atoms with Gasteiger partial charge in [-0.1, -0.05) is 0 Å². The van der Waals surface area contributed by atoms with E-state index in [2.05, 4.69) is 46.5 Å². The molecule has 4 N–H and O–H groups in total. The van der Waals surface area contributed by atoms with Gasteiger partial charge in [-0.15, -0.1) is 0 Å². The molecule has 0 saturated carbocycles. The molecule has 0 saturated heterocycles. The molecular formula is C18H19BrN6O3. The number of halogens is 1. The van der Waals surface area contributed by atoms with Gasteiger partial charge in [-0.3, -0.25) is 9.78 Å². The Morgan fingerprint density at radius 3 is 2.43 bits per heavy atom. The average Bonchev–Trinajstić information content (AvgIpc) is 2.66. The minimum Gasteiger partial charge on any atom is -0.471 e. The van der Waals surface area contributed by atoms with Crippen LogP contribution in [0.5, 0.6) is 5.88 Å². The third-order valence-corrected chi connectivity index (χ3v) is 4.31. The van der Waals surface area contributed by atoms with Gasteiger partial charge in [0.25, 0.3) is 5.56 Å². The Labute approximate surface area is 169 Å². The van der Waals surface area contributed by atoms with E-state index in [0.717, 1.165) is 11.4 Å². The van der Waals surface area contributed by atoms with Crippen molar-refractivity contribution in [3.8, 4) is 5.88 Å². The van der Waals surface area contributed by atoms with Gasteiger partial charge >= 0.3 is 0 Å². The van der Waals surface area contributed by atoms with E-state index in [4.69, 9.17) is 4.74 Å². The monoisotopic (exact) mass is 446 g/mol. The number of hydrogen-bond donors (Lipinski definition) is 4. The first-order valence-corrected chi connectivity index (χ1v) is 9.27. The number of H-pyrrole nitrogens is 1. The zero-order valence-corrected chi connectivity index (χ0v) is 16.8. The highest BCUT2D eigenvalue weighted by Crippen LogP contribution is 2.26. The van der Waals surface area contributed by atoms with Gasteiger partial charge in [-0.2, -0.15) is 4.98 Å². The second-order valence-electron chi connectivity index (χ2n) is 6.02. The fraction of sp³-hybridized carbons (Fsp3) is 0.222. The summed E-state index contributed by atoms with van der Waals surface area (Å²) in [6.07, 6.45) is 1.96. The molecule has 1 unspecified atom stereocenters. The van der Waals surface area contributed by atoms with Gasteiger partial charge in [0, 0.05) is 23.6 Å². The Balaban J connectivity index is 1.69. The first kappa shape index (κ1) is 19.8. The summed E-state index contributed by atoms with van der Waals surface area (Å²) in [5, 5.41) is 15.7. The molecule has 3 rings (SSSR count). The molecule has 1 aromatic carbocycles. The number of nitrogens with one attached hydrogen (secondary N) is 3. The van der Waals surface area contributed by atoms with Gasteiger partial charge in [0.2, 0.25) is 17.8 Å². The highest BCUT2D eigenvalue weighted by Gasteiger charge is 2.14. The molecule has 0 bridgehead atoms. The van der Waals surface area contributed by atoms with Crippen LogP contribution < -0.4 is 20.9 Å². The SMILES string of the molecule is CC(O)[C@@H](C)Oc1nc(Nc2ccc(Nc3nccc(=O)[nH]3)cc2)ncc1Br. The minimum atomic E-state index is -0.632. The van der Waals surface area contributed by atoms with E-state index < -0.39 is 12.2 Å². The summed E-state index contributed by atoms with van der Waals surface area (Å²) >= 11 is 3.34. The van der Waals surface area contributed by atoms with E-state index in [1.165, 1.54) is 12.3 Å². The van der Waals surface area contributed by atoms with Gasteiger partial charge < -0.3 is 20.5 Å². The van der Waals surface area contributed by atoms with E-state index in [0.29, 0.717) is 22.2 Å². The van der Waals surface area contributed by atoms with Gasteiger partial charge in [0.1, 0.15) is 6.10 Å². The Hall–Kier alpha value is -2.98. The predicted octanol–water partition coefficient (Wildman–Crippen LogP) is 2.96. The molecule has 2 heterocycles. The van der Waals surface area contributed by atoms with Gasteiger partial charge in [0.15, 0.2) is 0 Å². The van der Waals surface area contributed by atoms with Crippen LogP contribution >= 0.6 is 15.9 Å². The summed E-state index contributed by atoms with van der Waals surface area (Å²) in [5.74, 6) is 1.05. The quantitative estimate of drug-likeness (QED) is 0.436. The number of nitrogens with zero attached hydrogens (tertiary/aromatic N) is 3. The predicted molar refractivity (Wildman–Crippen MR) is 109 cm³/mol. The highest BCUT2D eigenvalue weighted by molar-refractivity contribution is 9.10. The maximum atomic E-state index is 11.3. The molecule has 146 valence electrons. The van der Waals surface area contributed by atoms with E-state index in [1.54, 1.807) is 20.0 Å². The molecule has 2 atom stereocenters. The lowest BCUT2D eigenvalue weighted by atomic mass is 10.3. The lowest BCUT2D eigenvalue weighted by Gasteiger charge is -2.17. The highest BCUT2D eigenvalue weighted by atomic mass is 79.9. The van der Waals surface area contributed by atoms with Crippen LogP contribution in [0, 0.1) is 0 Å². The van der Waals surface area contributed by atoms with Crippen LogP contribution in [-0.2, 0) is 0 Å². The van der Waals surface area contributed by atoms with Crippen molar-refractivity contribution in [1.29, 1.82) is 0 Å². The van der Waals surface area contributed by atoms with Crippen molar-refractivity contribution >= 4 is 39.2 Å². The summed E-state index contributed by atoms with van der Waals surface area (Å²) in [4.78, 5) is 26.5. The molecule has 0 fully saturated rings. The van der Waals surface area contributed by atoms with Crippen LogP contribution in [0.2, 0.25) is 0 Å². The van der Waals surface area contributed by atoms with Gasteiger partial charge in [0.05, 0.1) is 16.8 Å². The largest absolute Gasteiger partial charge is 0.471 e. The van der Waals surface area contributed by atoms with E-state index >= 15 is 0 Å². The number of aliphatic hydroxyl groups is 1. The second-order valence-corrected chi connectivity index (χ2v) is 6.87. The molecule has 3 aromatic rings. The van der Waals surface area contributed by atoms with Crippen molar-refractivity contribution in [2.75, 3.05) is 10.6 Å². The number of benzene rings is 1. The standard InChI is InChI=1S/C18H19BrN6O3/c1-10(26)11(2)28-16-14(19)9-21-18(25-16)23-13-5-3-12(4-6-13)22-17-20-8-7-15(27)24-17/h3-11,26H,1-2H3,(H,21,23,25)(H2,20,22,24,27)/t10?,11-/m1/s1. The summed E-state index contributed by atoms with van der Waals surface area (Å²) in [5.41, 5.74) is 1.29. The molecule has 0 radical (unpaired) electrons. The zero-order chi connectivity index (χ0) is 20.1. The Kier molecular flexibility index (Phi) is 6.22. The lowest BCUT2D eigenvalue weighted by Crippen LogP contribution is -2.26. The Bertz CT molecular complexity index is 993. The molecule has 9 nitrogen and oxygen atoms in total. The maximum absolute atomic E-state index is 11.3. The molecule has 0 aliphatic heterocycles. The average molecular weight is 447 g/mol. The first-order chi connectivity index (χ1) is 13.4. The number of anilines is 4. The Morgan fingerprint density at radius 2 is 1.79 bits per heavy atom. The van der Waals surface area contributed by atoms with Crippen molar-refractivity contribution in [2.45, 2.75) is 26.1 Å². The van der Waals surface area contributed by atoms with Gasteiger partial charge in [-0.25, -0.2) is 9.97 Å². The van der Waals surface area contributed by atoms with E-state index in [1.807, 2.05) is 24.3 Å². The van der Waals surface area contributed by atoms with Crippen molar-refractivity contribution in [1.82, 2.24) is 19.9 Å². The lowest BCUT2D eigenvalue weighted by molar-refractivity contribution is 0.0569. The van der Waals surface area contributed by atoms with E-state index in [-0.39, 0.29) is 5.56 Å². The number of hydrogen-bond acceptors (Lipinski definition) is 8. The summed E-state index contributed by atoms with van der Waals surface area (Å²) in [6, 6.07) is 8.64. The van der Waals surface area contributed by atoms with Crippen molar-refractivity contribution in [3.63, 3.8) is 0 Å². The van der Waals surface area contributed by atoms with Crippen molar-refractivity contribution < 1.29 is 9.84 Å². The summed E-state index contributed by atoms with van der Waals surface area (Å²) in [7, 11) is 0. The third-order valence-electron chi connectivity index (χ3n) is 3.76. The van der Waals surface area contributed by atoms with Crippen LogP contribution in [-0.4, -0.2) is 37.3 Å². The topological polar surface area (TPSA) is 125 Å². The minimum absolute atomic E-state index is 0.230. The van der Waals surface area contributed by atoms with Crippen LogP contribution in [0.3, 0.4) is 0 Å². The number of aromatic amines is 1. The van der Waals surface area contributed by atoms with Gasteiger partial charge in [-0.05, 0) is 54.0 Å². The van der Waals surface area contributed by atoms with Crippen LogP contribution in [0.4, 0.5) is 23.3 Å². The molecule has 28 heavy (non-hydrogen) atoms. The fourth-order valence-corrected chi connectivity index (χ4v) is 2.39. The molecule has 0 aliphatic rings. The zero-order valence-electron chi connectivity index (χ0n) is 15.2. The molecule has 2 aromatic heterocycles. The van der Waals surface area contributed by atoms with E-state index in [9.17, 15) is 9.90 Å².